The van der Waals surface area contributed by atoms with Crippen LogP contribution in [0.25, 0.3) is 10.2 Å². The number of methoxy groups -OCH3 is 1. The molecule has 6 nitrogen and oxygen atoms in total. The minimum absolute atomic E-state index is 0. The maximum atomic E-state index is 13.2. The van der Waals surface area contributed by atoms with Crippen molar-refractivity contribution in [1.29, 1.82) is 0 Å². The van der Waals surface area contributed by atoms with Gasteiger partial charge in [0.15, 0.2) is 5.13 Å². The van der Waals surface area contributed by atoms with Crippen molar-refractivity contribution in [2.24, 2.45) is 17.8 Å². The van der Waals surface area contributed by atoms with E-state index in [1.54, 1.807) is 13.2 Å². The molecule has 1 aromatic heterocycles. The van der Waals surface area contributed by atoms with Crippen LogP contribution in [-0.2, 0) is 17.5 Å². The van der Waals surface area contributed by atoms with E-state index in [-0.39, 0.29) is 63.3 Å². The molecule has 1 aliphatic rings. The first-order valence-corrected chi connectivity index (χ1v) is 15.1. The number of hydrogen-bond donors (Lipinski definition) is 2. The minimum atomic E-state index is -4.52. The summed E-state index contributed by atoms with van der Waals surface area (Å²) in [6.07, 6.45) is -0.734. The number of aromatic nitrogens is 1. The van der Waals surface area contributed by atoms with Gasteiger partial charge in [0, 0.05) is 47.6 Å². The molecule has 0 bridgehead atoms. The number of carbonyl (C=O) groups is 1. The second-order valence-corrected chi connectivity index (χ2v) is 12.6. The van der Waals surface area contributed by atoms with Gasteiger partial charge in [-0.25, -0.2) is 0 Å². The largest absolute Gasteiger partial charge is 2.00 e. The number of rotatable bonds is 10. The third-order valence-electron chi connectivity index (χ3n) is 7.24. The normalized spacial score (nSPS) is 14.2. The Labute approximate surface area is 285 Å². The Morgan fingerprint density at radius 2 is 1.88 bits per heavy atom. The molecule has 0 saturated heterocycles. The predicted octanol–water partition coefficient (Wildman–Crippen LogP) is 8.47. The fourth-order valence-electron chi connectivity index (χ4n) is 4.96. The maximum absolute atomic E-state index is 13.2. The van der Waals surface area contributed by atoms with Crippen LogP contribution in [0.4, 0.5) is 18.3 Å². The Hall–Kier alpha value is -1.48. The standard InChI is InChI=1S/C28H32ClF3N3O2S.C3H7O.U/c1-15(2)12-35(13-17(4)18-6-5-7-18)14-19-9-21(29)11-22(25(19)36)26(37)34-27-33-24-16(3)8-20(28(30,31)32)10-23(24)38-27;1-3-4-2;/h8-11,15,17-18,36H,3,5-7,12-14H2,1-2,4H3,(H,33,34,37);1,3H2,2H3;/q2*-1;+2. The van der Waals surface area contributed by atoms with Gasteiger partial charge in [-0.2, -0.15) is 25.7 Å². The van der Waals surface area contributed by atoms with E-state index in [2.05, 4.69) is 54.6 Å². The molecule has 4 rings (SSSR count). The number of phenolic OH excluding ortho intramolecular Hbond substituents is 1. The first kappa shape index (κ1) is 37.7. The number of aromatic hydroxyl groups is 1. The zero-order valence-electron chi connectivity index (χ0n) is 25.0. The summed E-state index contributed by atoms with van der Waals surface area (Å²) >= 11 is 7.26. The van der Waals surface area contributed by atoms with Crippen LogP contribution in [0.15, 0.2) is 24.3 Å². The average molecular weight is 864 g/mol. The molecule has 1 aliphatic carbocycles. The summed E-state index contributed by atoms with van der Waals surface area (Å²) in [6.45, 7) is 16.3. The van der Waals surface area contributed by atoms with Gasteiger partial charge in [0.25, 0.3) is 5.91 Å². The van der Waals surface area contributed by atoms with E-state index >= 15 is 0 Å². The van der Waals surface area contributed by atoms with E-state index < -0.39 is 17.6 Å². The second-order valence-electron chi connectivity index (χ2n) is 11.2. The Balaban J connectivity index is 0.00000121. The number of alkyl halides is 3. The van der Waals surface area contributed by atoms with Gasteiger partial charge in [0.1, 0.15) is 5.75 Å². The molecule has 12 heteroatoms. The molecule has 1 amide bonds. The molecule has 1 saturated carbocycles. The van der Waals surface area contributed by atoms with Gasteiger partial charge in [0.2, 0.25) is 0 Å². The molecule has 234 valence electrons. The average Bonchev–Trinajstić information content (AvgIpc) is 3.27. The second kappa shape index (κ2) is 16.7. The van der Waals surface area contributed by atoms with E-state index in [4.69, 9.17) is 11.6 Å². The maximum Gasteiger partial charge on any atom is 2.00 e. The zero-order valence-corrected chi connectivity index (χ0v) is 30.7. The van der Waals surface area contributed by atoms with Crippen LogP contribution in [0.1, 0.15) is 67.1 Å². The van der Waals surface area contributed by atoms with Gasteiger partial charge in [-0.3, -0.25) is 20.0 Å². The molecule has 2 aromatic carbocycles. The number of nitrogens with one attached hydrogen (secondary N) is 1. The number of hydrogen-bond acceptors (Lipinski definition) is 6. The van der Waals surface area contributed by atoms with Crippen LogP contribution in [0.2, 0.25) is 5.02 Å². The van der Waals surface area contributed by atoms with Gasteiger partial charge in [-0.15, -0.1) is 17.4 Å². The number of anilines is 1. The van der Waals surface area contributed by atoms with Crippen molar-refractivity contribution in [3.63, 3.8) is 0 Å². The number of amides is 1. The van der Waals surface area contributed by atoms with Crippen molar-refractivity contribution in [3.8, 4) is 5.75 Å². The van der Waals surface area contributed by atoms with Gasteiger partial charge in [0.05, 0.1) is 5.56 Å². The van der Waals surface area contributed by atoms with Crippen LogP contribution < -0.4 is 5.32 Å². The Morgan fingerprint density at radius 1 is 1.23 bits per heavy atom. The summed E-state index contributed by atoms with van der Waals surface area (Å²) in [5.74, 6) is 0.850. The van der Waals surface area contributed by atoms with Gasteiger partial charge in [-0.05, 0) is 35.4 Å². The fourth-order valence-corrected chi connectivity index (χ4v) is 6.14. The SMILES string of the molecule is [CH2-]COC.[CH2-]c1cc(C(F)(F)F)cc2sc(NC(=O)c3cc(Cl)cc(CN(CC(C)C)CC(C)C4CCC4)c3O)nc12.[U+2]. The summed E-state index contributed by atoms with van der Waals surface area (Å²) in [5.41, 5.74) is 0.0867. The smallest absolute Gasteiger partial charge is 0.507 e. The first-order valence-electron chi connectivity index (χ1n) is 13.9. The number of carbonyl (C=O) groups excluding carboxylic acids is 1. The number of thiazole rings is 1. The van der Waals surface area contributed by atoms with Crippen LogP contribution >= 0.6 is 22.9 Å². The van der Waals surface area contributed by atoms with Crippen molar-refractivity contribution < 1.29 is 58.9 Å². The molecule has 1 fully saturated rings. The zero-order chi connectivity index (χ0) is 31.2. The number of nitrogens with zero attached hydrogens (tertiary/aromatic N) is 2. The molecule has 1 atom stereocenters. The van der Waals surface area contributed by atoms with E-state index in [1.807, 2.05) is 0 Å². The summed E-state index contributed by atoms with van der Waals surface area (Å²) in [7, 11) is 1.62. The molecule has 0 aliphatic heterocycles. The molecular formula is C31H39ClF3N3O3SU. The van der Waals surface area contributed by atoms with Crippen molar-refractivity contribution in [2.75, 3.05) is 32.1 Å². The monoisotopic (exact) mass is 863 g/mol. The topological polar surface area (TPSA) is 74.7 Å². The predicted molar refractivity (Wildman–Crippen MR) is 164 cm³/mol. The molecule has 0 radical (unpaired) electrons. The van der Waals surface area contributed by atoms with Crippen molar-refractivity contribution in [3.05, 3.63) is 65.4 Å². The number of ether oxygens (including phenoxy) is 1. The molecular weight excluding hydrogens is 825 g/mol. The number of halogens is 4. The minimum Gasteiger partial charge on any atom is -0.507 e. The molecule has 1 unspecified atom stereocenters. The summed E-state index contributed by atoms with van der Waals surface area (Å²) in [4.78, 5) is 19.7. The van der Waals surface area contributed by atoms with Crippen LogP contribution in [0.3, 0.4) is 0 Å². The molecule has 43 heavy (non-hydrogen) atoms. The van der Waals surface area contributed by atoms with Gasteiger partial charge >= 0.3 is 37.3 Å². The van der Waals surface area contributed by atoms with Crippen molar-refractivity contribution >= 4 is 44.2 Å². The third-order valence-corrected chi connectivity index (χ3v) is 8.38. The molecule has 1 heterocycles. The van der Waals surface area contributed by atoms with E-state index in [0.29, 0.717) is 35.6 Å². The first-order chi connectivity index (χ1) is 19.7. The summed E-state index contributed by atoms with van der Waals surface area (Å²) in [5, 5.41) is 14.1. The third kappa shape index (κ3) is 10.5. The van der Waals surface area contributed by atoms with Crippen LogP contribution in [-0.4, -0.2) is 47.7 Å². The number of phenols is 1. The quantitative estimate of drug-likeness (QED) is 0.200. The van der Waals surface area contributed by atoms with Crippen molar-refractivity contribution in [2.45, 2.75) is 52.8 Å². The summed E-state index contributed by atoms with van der Waals surface area (Å²) in [6, 6.07) is 4.96. The molecule has 3 aromatic rings. The Kier molecular flexibility index (Phi) is 14.7. The van der Waals surface area contributed by atoms with E-state index in [0.717, 1.165) is 42.5 Å². The fraction of sp³-hybridized carbons (Fsp3) is 0.484. The van der Waals surface area contributed by atoms with Crippen LogP contribution in [0, 0.1) is 62.7 Å². The Bertz CT molecular complexity index is 1360. The Morgan fingerprint density at radius 3 is 2.42 bits per heavy atom. The van der Waals surface area contributed by atoms with Crippen LogP contribution in [0.5, 0.6) is 5.75 Å². The van der Waals surface area contributed by atoms with Gasteiger partial charge in [-0.1, -0.05) is 64.3 Å². The van der Waals surface area contributed by atoms with E-state index in [9.17, 15) is 23.1 Å². The number of benzene rings is 2. The summed E-state index contributed by atoms with van der Waals surface area (Å²) < 4.78 is 44.2. The number of fused-ring (bicyclic) bond motifs is 1. The van der Waals surface area contributed by atoms with Crippen molar-refractivity contribution in [1.82, 2.24) is 9.88 Å². The van der Waals surface area contributed by atoms with Gasteiger partial charge < -0.3 is 16.8 Å². The van der Waals surface area contributed by atoms with E-state index in [1.165, 1.54) is 25.3 Å². The molecule has 0 spiro atoms. The molecule has 2 N–H and O–H groups in total.